The van der Waals surface area contributed by atoms with Gasteiger partial charge in [-0.1, -0.05) is 0 Å². The van der Waals surface area contributed by atoms with Crippen LogP contribution in [0.15, 0.2) is 0 Å². The molecule has 1 aliphatic heterocycles. The molecule has 0 aromatic rings. The Labute approximate surface area is 97.7 Å². The van der Waals surface area contributed by atoms with Crippen LogP contribution in [0.5, 0.6) is 0 Å². The summed E-state index contributed by atoms with van der Waals surface area (Å²) < 4.78 is 12.1. The third kappa shape index (κ3) is 2.01. The van der Waals surface area contributed by atoms with Crippen molar-refractivity contribution < 1.29 is 9.47 Å². The number of hydrogen-bond acceptors (Lipinski definition) is 3. The van der Waals surface area contributed by atoms with Crippen LogP contribution < -0.4 is 5.73 Å². The second-order valence-electron chi connectivity index (χ2n) is 5.77. The highest BCUT2D eigenvalue weighted by Crippen LogP contribution is 2.43. The van der Waals surface area contributed by atoms with Crippen molar-refractivity contribution in [3.05, 3.63) is 0 Å². The van der Waals surface area contributed by atoms with Gasteiger partial charge >= 0.3 is 0 Å². The Bertz CT molecular complexity index is 252. The summed E-state index contributed by atoms with van der Waals surface area (Å²) in [5.74, 6) is 0. The molecule has 3 fully saturated rings. The zero-order valence-corrected chi connectivity index (χ0v) is 9.99. The zero-order valence-electron chi connectivity index (χ0n) is 9.99. The minimum Gasteiger partial charge on any atom is -0.375 e. The third-order valence-corrected chi connectivity index (χ3v) is 4.58. The van der Waals surface area contributed by atoms with Gasteiger partial charge in [-0.3, -0.25) is 0 Å². The van der Waals surface area contributed by atoms with E-state index in [1.807, 2.05) is 0 Å². The van der Waals surface area contributed by atoms with E-state index in [1.54, 1.807) is 0 Å². The number of hydrogen-bond donors (Lipinski definition) is 1. The quantitative estimate of drug-likeness (QED) is 0.781. The summed E-state index contributed by atoms with van der Waals surface area (Å²) in [6, 6.07) is 0.278. The van der Waals surface area contributed by atoms with Crippen LogP contribution in [0.4, 0.5) is 0 Å². The maximum atomic E-state index is 6.19. The normalized spacial score (nSPS) is 42.2. The van der Waals surface area contributed by atoms with E-state index in [1.165, 1.54) is 25.7 Å². The summed E-state index contributed by atoms with van der Waals surface area (Å²) in [6.45, 7) is 0.882. The second kappa shape index (κ2) is 4.28. The molecule has 16 heavy (non-hydrogen) atoms. The van der Waals surface area contributed by atoms with Crippen LogP contribution in [-0.2, 0) is 9.47 Å². The Morgan fingerprint density at radius 2 is 2.00 bits per heavy atom. The summed E-state index contributed by atoms with van der Waals surface area (Å²) in [5.41, 5.74) is 6.25. The van der Waals surface area contributed by atoms with Crippen LogP contribution in [0.1, 0.15) is 51.4 Å². The van der Waals surface area contributed by atoms with E-state index >= 15 is 0 Å². The first-order chi connectivity index (χ1) is 7.77. The van der Waals surface area contributed by atoms with Crippen LogP contribution >= 0.6 is 0 Å². The molecule has 3 atom stereocenters. The monoisotopic (exact) mass is 225 g/mol. The van der Waals surface area contributed by atoms with E-state index in [0.29, 0.717) is 12.2 Å². The van der Waals surface area contributed by atoms with Crippen LogP contribution in [0.25, 0.3) is 0 Å². The molecule has 92 valence electrons. The first kappa shape index (κ1) is 11.0. The fourth-order valence-corrected chi connectivity index (χ4v) is 3.39. The van der Waals surface area contributed by atoms with Crippen LogP contribution in [-0.4, -0.2) is 30.5 Å². The predicted molar refractivity (Wildman–Crippen MR) is 62.3 cm³/mol. The maximum Gasteiger partial charge on any atom is 0.0729 e. The van der Waals surface area contributed by atoms with Gasteiger partial charge in [0, 0.05) is 19.1 Å². The summed E-state index contributed by atoms with van der Waals surface area (Å²) in [5, 5.41) is 0. The largest absolute Gasteiger partial charge is 0.375 e. The van der Waals surface area contributed by atoms with Crippen molar-refractivity contribution in [2.45, 2.75) is 75.2 Å². The summed E-state index contributed by atoms with van der Waals surface area (Å²) >= 11 is 0. The van der Waals surface area contributed by atoms with E-state index in [9.17, 15) is 0 Å². The molecule has 0 bridgehead atoms. The predicted octanol–water partition coefficient (Wildman–Crippen LogP) is 1.98. The third-order valence-electron chi connectivity index (χ3n) is 4.58. The number of ether oxygens (including phenoxy) is 2. The zero-order chi connectivity index (χ0) is 11.0. The minimum atomic E-state index is 0.200. The fourth-order valence-electron chi connectivity index (χ4n) is 3.39. The Hall–Kier alpha value is -0.120. The van der Waals surface area contributed by atoms with Crippen LogP contribution in [0.2, 0.25) is 0 Å². The molecule has 0 aromatic carbocycles. The Balaban J connectivity index is 1.54. The summed E-state index contributed by atoms with van der Waals surface area (Å²) in [4.78, 5) is 0. The Morgan fingerprint density at radius 1 is 1.12 bits per heavy atom. The van der Waals surface area contributed by atoms with Crippen molar-refractivity contribution in [1.82, 2.24) is 0 Å². The van der Waals surface area contributed by atoms with Gasteiger partial charge in [-0.25, -0.2) is 0 Å². The molecule has 3 heteroatoms. The van der Waals surface area contributed by atoms with Gasteiger partial charge in [0.05, 0.1) is 17.8 Å². The van der Waals surface area contributed by atoms with Gasteiger partial charge < -0.3 is 15.2 Å². The van der Waals surface area contributed by atoms with Crippen molar-refractivity contribution in [3.63, 3.8) is 0 Å². The van der Waals surface area contributed by atoms with E-state index in [4.69, 9.17) is 15.2 Å². The first-order valence-corrected chi connectivity index (χ1v) is 6.82. The summed E-state index contributed by atoms with van der Waals surface area (Å²) in [7, 11) is 0. The molecule has 3 aliphatic rings. The Kier molecular flexibility index (Phi) is 2.94. The number of rotatable bonds is 2. The van der Waals surface area contributed by atoms with Gasteiger partial charge in [-0.05, 0) is 44.9 Å². The molecule has 1 saturated heterocycles. The molecule has 1 spiro atoms. The van der Waals surface area contributed by atoms with Crippen molar-refractivity contribution >= 4 is 0 Å². The molecule has 0 aromatic heterocycles. The van der Waals surface area contributed by atoms with Crippen LogP contribution in [0, 0.1) is 0 Å². The van der Waals surface area contributed by atoms with E-state index < -0.39 is 0 Å². The lowest BCUT2D eigenvalue weighted by molar-refractivity contribution is -0.179. The highest BCUT2D eigenvalue weighted by Gasteiger charge is 2.43. The average molecular weight is 225 g/mol. The van der Waals surface area contributed by atoms with Gasteiger partial charge in [0.25, 0.3) is 0 Å². The molecular weight excluding hydrogens is 202 g/mol. The lowest BCUT2D eigenvalue weighted by Crippen LogP contribution is -2.49. The van der Waals surface area contributed by atoms with E-state index in [-0.39, 0.29) is 11.6 Å². The molecule has 3 nitrogen and oxygen atoms in total. The standard InChI is InChI=1S/C13H23NO2/c14-11-3-1-4-12(11)16-10-5-8-15-13(9-10)6-2-7-13/h10-12H,1-9,14H2. The maximum absolute atomic E-state index is 6.19. The van der Waals surface area contributed by atoms with Crippen molar-refractivity contribution in [2.75, 3.05) is 6.61 Å². The topological polar surface area (TPSA) is 44.5 Å². The highest BCUT2D eigenvalue weighted by atomic mass is 16.5. The van der Waals surface area contributed by atoms with E-state index in [0.717, 1.165) is 32.3 Å². The Morgan fingerprint density at radius 3 is 2.62 bits per heavy atom. The average Bonchev–Trinajstić information content (AvgIpc) is 2.63. The molecule has 2 saturated carbocycles. The fraction of sp³-hybridized carbons (Fsp3) is 1.00. The van der Waals surface area contributed by atoms with E-state index in [2.05, 4.69) is 0 Å². The molecule has 2 aliphatic carbocycles. The molecular formula is C13H23NO2. The molecule has 3 rings (SSSR count). The van der Waals surface area contributed by atoms with Gasteiger partial charge in [0.1, 0.15) is 0 Å². The van der Waals surface area contributed by atoms with Crippen molar-refractivity contribution in [3.8, 4) is 0 Å². The molecule has 0 amide bonds. The molecule has 2 N–H and O–H groups in total. The van der Waals surface area contributed by atoms with Gasteiger partial charge in [0.15, 0.2) is 0 Å². The van der Waals surface area contributed by atoms with Crippen LogP contribution in [0.3, 0.4) is 0 Å². The molecule has 0 radical (unpaired) electrons. The minimum absolute atomic E-state index is 0.200. The lowest BCUT2D eigenvalue weighted by atomic mass is 9.74. The highest BCUT2D eigenvalue weighted by molar-refractivity contribution is 4.95. The van der Waals surface area contributed by atoms with Gasteiger partial charge in [0.2, 0.25) is 0 Å². The van der Waals surface area contributed by atoms with Gasteiger partial charge in [-0.2, -0.15) is 0 Å². The molecule has 1 heterocycles. The van der Waals surface area contributed by atoms with Gasteiger partial charge in [-0.15, -0.1) is 0 Å². The lowest BCUT2D eigenvalue weighted by Gasteiger charge is -2.47. The smallest absolute Gasteiger partial charge is 0.0729 e. The van der Waals surface area contributed by atoms with Crippen molar-refractivity contribution in [1.29, 1.82) is 0 Å². The number of nitrogens with two attached hydrogens (primary N) is 1. The SMILES string of the molecule is NC1CCCC1OC1CCOC2(CCC2)C1. The second-order valence-corrected chi connectivity index (χ2v) is 5.77. The first-order valence-electron chi connectivity index (χ1n) is 6.82. The van der Waals surface area contributed by atoms with Crippen molar-refractivity contribution in [2.24, 2.45) is 5.73 Å². The molecule has 3 unspecified atom stereocenters. The summed E-state index contributed by atoms with van der Waals surface area (Å²) in [6.07, 6.45) is 10.2.